The molecule has 0 aliphatic rings. The van der Waals surface area contributed by atoms with Crippen molar-refractivity contribution < 1.29 is 5.11 Å². The van der Waals surface area contributed by atoms with Crippen LogP contribution in [-0.2, 0) is 6.42 Å². The average Bonchev–Trinajstić information content (AvgIpc) is 2.75. The number of H-pyrrole nitrogens is 1. The molecule has 0 spiro atoms. The van der Waals surface area contributed by atoms with E-state index in [9.17, 15) is 5.11 Å². The highest BCUT2D eigenvalue weighted by Gasteiger charge is 2.13. The monoisotopic (exact) mass is 237 g/mol. The van der Waals surface area contributed by atoms with Gasteiger partial charge in [-0.05, 0) is 24.1 Å². The third-order valence-electron chi connectivity index (χ3n) is 2.40. The highest BCUT2D eigenvalue weighted by molar-refractivity contribution is 6.31. The zero-order valence-corrected chi connectivity index (χ0v) is 9.57. The number of benzene rings is 1. The molecule has 16 heavy (non-hydrogen) atoms. The quantitative estimate of drug-likeness (QED) is 0.859. The van der Waals surface area contributed by atoms with Gasteiger partial charge < -0.3 is 5.11 Å². The molecular formula is C11H12ClN3O. The van der Waals surface area contributed by atoms with Crippen molar-refractivity contribution in [3.63, 3.8) is 0 Å². The van der Waals surface area contributed by atoms with E-state index in [1.54, 1.807) is 0 Å². The van der Waals surface area contributed by atoms with E-state index < -0.39 is 6.10 Å². The molecule has 0 aliphatic carbocycles. The molecule has 1 unspecified atom stereocenters. The number of aromatic nitrogens is 3. The zero-order valence-electron chi connectivity index (χ0n) is 8.81. The average molecular weight is 238 g/mol. The molecule has 5 heteroatoms. The third-order valence-corrected chi connectivity index (χ3v) is 2.75. The van der Waals surface area contributed by atoms with Crippen LogP contribution >= 0.6 is 11.6 Å². The number of hydrogen-bond donors (Lipinski definition) is 2. The van der Waals surface area contributed by atoms with E-state index in [4.69, 9.17) is 11.6 Å². The fourth-order valence-corrected chi connectivity index (χ4v) is 1.81. The molecule has 0 saturated carbocycles. The Kier molecular flexibility index (Phi) is 3.22. The van der Waals surface area contributed by atoms with Crippen LogP contribution in [0.5, 0.6) is 0 Å². The number of rotatable bonds is 3. The topological polar surface area (TPSA) is 61.8 Å². The molecule has 2 aromatic rings. The standard InChI is InChI=1S/C11H12ClN3O/c1-7-2-3-8(9(12)4-7)5-11(16)10-6-13-15-14-10/h2-4,6,11,16H,5H2,1H3,(H,13,14,15). The summed E-state index contributed by atoms with van der Waals surface area (Å²) in [6, 6.07) is 5.77. The second-order valence-corrected chi connectivity index (χ2v) is 4.12. The van der Waals surface area contributed by atoms with Gasteiger partial charge in [0.25, 0.3) is 0 Å². The lowest BCUT2D eigenvalue weighted by Gasteiger charge is -2.09. The maximum absolute atomic E-state index is 9.88. The Labute approximate surface area is 98.3 Å². The number of nitrogens with one attached hydrogen (secondary N) is 1. The number of aromatic amines is 1. The number of hydrogen-bond acceptors (Lipinski definition) is 3. The Bertz CT molecular complexity index is 470. The van der Waals surface area contributed by atoms with Crippen LogP contribution in [0.3, 0.4) is 0 Å². The van der Waals surface area contributed by atoms with Gasteiger partial charge in [-0.3, -0.25) is 0 Å². The van der Waals surface area contributed by atoms with Gasteiger partial charge in [-0.1, -0.05) is 23.7 Å². The van der Waals surface area contributed by atoms with E-state index in [-0.39, 0.29) is 0 Å². The molecule has 1 aromatic carbocycles. The molecule has 0 saturated heterocycles. The van der Waals surface area contributed by atoms with Crippen LogP contribution in [0.4, 0.5) is 0 Å². The van der Waals surface area contributed by atoms with E-state index in [1.165, 1.54) is 6.20 Å². The van der Waals surface area contributed by atoms with Gasteiger partial charge in [0.2, 0.25) is 0 Å². The van der Waals surface area contributed by atoms with Crippen molar-refractivity contribution in [3.05, 3.63) is 46.2 Å². The van der Waals surface area contributed by atoms with E-state index >= 15 is 0 Å². The smallest absolute Gasteiger partial charge is 0.111 e. The lowest BCUT2D eigenvalue weighted by Crippen LogP contribution is -2.03. The summed E-state index contributed by atoms with van der Waals surface area (Å²) < 4.78 is 0. The molecule has 0 amide bonds. The van der Waals surface area contributed by atoms with Crippen LogP contribution in [0.1, 0.15) is 22.9 Å². The Morgan fingerprint density at radius 3 is 2.94 bits per heavy atom. The first kappa shape index (κ1) is 11.1. The minimum atomic E-state index is -0.682. The summed E-state index contributed by atoms with van der Waals surface area (Å²) in [6.45, 7) is 1.98. The zero-order chi connectivity index (χ0) is 11.5. The van der Waals surface area contributed by atoms with Gasteiger partial charge in [0.15, 0.2) is 0 Å². The minimum Gasteiger partial charge on any atom is -0.386 e. The first-order chi connectivity index (χ1) is 7.66. The molecule has 0 radical (unpaired) electrons. The molecule has 0 aliphatic heterocycles. The largest absolute Gasteiger partial charge is 0.386 e. The van der Waals surface area contributed by atoms with Gasteiger partial charge in [-0.2, -0.15) is 15.4 Å². The fraction of sp³-hybridized carbons (Fsp3) is 0.273. The lowest BCUT2D eigenvalue weighted by molar-refractivity contribution is 0.173. The summed E-state index contributed by atoms with van der Waals surface area (Å²) in [5.41, 5.74) is 2.53. The van der Waals surface area contributed by atoms with Crippen molar-refractivity contribution in [2.24, 2.45) is 0 Å². The van der Waals surface area contributed by atoms with Gasteiger partial charge in [0.05, 0.1) is 6.20 Å². The Morgan fingerprint density at radius 2 is 2.31 bits per heavy atom. The van der Waals surface area contributed by atoms with Crippen molar-refractivity contribution in [3.8, 4) is 0 Å². The summed E-state index contributed by atoms with van der Waals surface area (Å²) in [5, 5.41) is 20.5. The second kappa shape index (κ2) is 4.63. The number of aliphatic hydroxyl groups is 1. The maximum atomic E-state index is 9.88. The predicted molar refractivity (Wildman–Crippen MR) is 61.2 cm³/mol. The van der Waals surface area contributed by atoms with Crippen molar-refractivity contribution in [2.75, 3.05) is 0 Å². The van der Waals surface area contributed by atoms with Gasteiger partial charge >= 0.3 is 0 Å². The van der Waals surface area contributed by atoms with E-state index in [1.807, 2.05) is 25.1 Å². The van der Waals surface area contributed by atoms with Crippen LogP contribution < -0.4 is 0 Å². The highest BCUT2D eigenvalue weighted by Crippen LogP contribution is 2.23. The summed E-state index contributed by atoms with van der Waals surface area (Å²) in [5.74, 6) is 0. The van der Waals surface area contributed by atoms with E-state index in [0.717, 1.165) is 11.1 Å². The van der Waals surface area contributed by atoms with Gasteiger partial charge in [-0.15, -0.1) is 0 Å². The van der Waals surface area contributed by atoms with Crippen molar-refractivity contribution >= 4 is 11.6 Å². The summed E-state index contributed by atoms with van der Waals surface area (Å²) in [7, 11) is 0. The van der Waals surface area contributed by atoms with Crippen molar-refractivity contribution in [1.29, 1.82) is 0 Å². The molecule has 1 aromatic heterocycles. The molecular weight excluding hydrogens is 226 g/mol. The van der Waals surface area contributed by atoms with Crippen molar-refractivity contribution in [2.45, 2.75) is 19.4 Å². The van der Waals surface area contributed by atoms with Crippen molar-refractivity contribution in [1.82, 2.24) is 15.4 Å². The van der Waals surface area contributed by atoms with Crippen LogP contribution in [0.2, 0.25) is 5.02 Å². The lowest BCUT2D eigenvalue weighted by atomic mass is 10.0. The highest BCUT2D eigenvalue weighted by atomic mass is 35.5. The Balaban J connectivity index is 2.15. The van der Waals surface area contributed by atoms with Crippen LogP contribution in [-0.4, -0.2) is 20.5 Å². The predicted octanol–water partition coefficient (Wildman–Crippen LogP) is 2.04. The summed E-state index contributed by atoms with van der Waals surface area (Å²) in [4.78, 5) is 0. The number of aryl methyl sites for hydroxylation is 1. The number of aliphatic hydroxyl groups excluding tert-OH is 1. The normalized spacial score (nSPS) is 12.7. The van der Waals surface area contributed by atoms with Gasteiger partial charge in [0.1, 0.15) is 11.8 Å². The molecule has 84 valence electrons. The van der Waals surface area contributed by atoms with Crippen LogP contribution in [0.15, 0.2) is 24.4 Å². The molecule has 1 atom stereocenters. The fourth-order valence-electron chi connectivity index (χ4n) is 1.50. The Hall–Kier alpha value is -1.39. The minimum absolute atomic E-state index is 0.436. The third kappa shape index (κ3) is 2.40. The van der Waals surface area contributed by atoms with E-state index in [0.29, 0.717) is 17.1 Å². The molecule has 1 heterocycles. The van der Waals surface area contributed by atoms with E-state index in [2.05, 4.69) is 15.4 Å². The SMILES string of the molecule is Cc1ccc(CC(O)c2cn[nH]n2)c(Cl)c1. The van der Waals surface area contributed by atoms with Gasteiger partial charge in [0, 0.05) is 11.4 Å². The molecule has 4 nitrogen and oxygen atoms in total. The second-order valence-electron chi connectivity index (χ2n) is 3.71. The van der Waals surface area contributed by atoms with Crippen LogP contribution in [0, 0.1) is 6.92 Å². The van der Waals surface area contributed by atoms with Gasteiger partial charge in [-0.25, -0.2) is 0 Å². The molecule has 2 N–H and O–H groups in total. The summed E-state index contributed by atoms with van der Waals surface area (Å²) in [6.07, 6.45) is 1.26. The first-order valence-corrected chi connectivity index (χ1v) is 5.33. The number of halogens is 1. The summed E-state index contributed by atoms with van der Waals surface area (Å²) >= 11 is 6.08. The number of nitrogens with zero attached hydrogens (tertiary/aromatic N) is 2. The first-order valence-electron chi connectivity index (χ1n) is 4.95. The molecule has 0 bridgehead atoms. The Morgan fingerprint density at radius 1 is 1.50 bits per heavy atom. The van der Waals surface area contributed by atoms with Crippen LogP contribution in [0.25, 0.3) is 0 Å². The maximum Gasteiger partial charge on any atom is 0.111 e. The molecule has 0 fully saturated rings. The molecule has 2 rings (SSSR count).